The predicted molar refractivity (Wildman–Crippen MR) is 60.6 cm³/mol. The van der Waals surface area contributed by atoms with Gasteiger partial charge in [-0.3, -0.25) is 4.79 Å². The van der Waals surface area contributed by atoms with Gasteiger partial charge in [-0.1, -0.05) is 19.9 Å². The molecule has 0 aliphatic carbocycles. The Bertz CT molecular complexity index is 351. The van der Waals surface area contributed by atoms with E-state index < -0.39 is 0 Å². The van der Waals surface area contributed by atoms with E-state index in [0.717, 1.165) is 0 Å². The van der Waals surface area contributed by atoms with Gasteiger partial charge in [0, 0.05) is 0 Å². The molecule has 4 heteroatoms. The Hall–Kier alpha value is -1.34. The van der Waals surface area contributed by atoms with Gasteiger partial charge in [0.15, 0.2) is 0 Å². The van der Waals surface area contributed by atoms with Crippen LogP contribution in [0.2, 0.25) is 0 Å². The van der Waals surface area contributed by atoms with Crippen molar-refractivity contribution < 1.29 is 4.79 Å². The van der Waals surface area contributed by atoms with Crippen LogP contribution in [0.5, 0.6) is 0 Å². The highest BCUT2D eigenvalue weighted by Gasteiger charge is 2.14. The molecular formula is C11H14N2OS. The highest BCUT2D eigenvalue weighted by atomic mass is 32.1. The van der Waals surface area contributed by atoms with Gasteiger partial charge < -0.3 is 5.32 Å². The number of carbonyl (C=O) groups excluding carboxylic acids is 1. The van der Waals surface area contributed by atoms with Gasteiger partial charge in [-0.15, -0.1) is 11.3 Å². The molecule has 0 saturated heterocycles. The molecule has 1 aromatic heterocycles. The third-order valence-electron chi connectivity index (χ3n) is 1.91. The number of nitriles is 1. The first-order valence-corrected chi connectivity index (χ1v) is 5.75. The summed E-state index contributed by atoms with van der Waals surface area (Å²) < 4.78 is 0. The lowest BCUT2D eigenvalue weighted by Gasteiger charge is -2.12. The van der Waals surface area contributed by atoms with E-state index in [0.29, 0.717) is 17.2 Å². The van der Waals surface area contributed by atoms with Crippen LogP contribution in [0.25, 0.3) is 0 Å². The Balaban J connectivity index is 2.53. The van der Waals surface area contributed by atoms with Gasteiger partial charge in [0.05, 0.1) is 10.9 Å². The smallest absolute Gasteiger partial charge is 0.262 e. The number of thiophene rings is 1. The van der Waals surface area contributed by atoms with Crippen LogP contribution in [-0.2, 0) is 0 Å². The van der Waals surface area contributed by atoms with E-state index in [1.807, 2.05) is 25.3 Å². The average Bonchev–Trinajstić information content (AvgIpc) is 2.68. The topological polar surface area (TPSA) is 52.9 Å². The molecule has 0 fully saturated rings. The van der Waals surface area contributed by atoms with E-state index in [2.05, 4.69) is 11.4 Å². The highest BCUT2D eigenvalue weighted by Crippen LogP contribution is 2.10. The minimum atomic E-state index is -0.389. The highest BCUT2D eigenvalue weighted by molar-refractivity contribution is 7.12. The van der Waals surface area contributed by atoms with Gasteiger partial charge in [-0.25, -0.2) is 0 Å². The Morgan fingerprint density at radius 3 is 2.87 bits per heavy atom. The molecule has 1 rings (SSSR count). The zero-order valence-electron chi connectivity index (χ0n) is 8.86. The molecule has 0 aromatic carbocycles. The quantitative estimate of drug-likeness (QED) is 0.850. The monoisotopic (exact) mass is 222 g/mol. The van der Waals surface area contributed by atoms with Gasteiger partial charge in [0.1, 0.15) is 6.04 Å². The third kappa shape index (κ3) is 3.72. The Morgan fingerprint density at radius 2 is 2.40 bits per heavy atom. The fraction of sp³-hybridized carbons (Fsp3) is 0.455. The molecule has 0 unspecified atom stereocenters. The number of hydrogen-bond donors (Lipinski definition) is 1. The molecule has 80 valence electrons. The number of nitrogens with one attached hydrogen (secondary N) is 1. The summed E-state index contributed by atoms with van der Waals surface area (Å²) in [6.45, 7) is 4.06. The number of carbonyl (C=O) groups is 1. The molecule has 0 aliphatic rings. The molecule has 0 spiro atoms. The minimum absolute atomic E-state index is 0.155. The van der Waals surface area contributed by atoms with Crippen molar-refractivity contribution in [2.45, 2.75) is 26.3 Å². The first-order chi connectivity index (χ1) is 7.13. The average molecular weight is 222 g/mol. The summed E-state index contributed by atoms with van der Waals surface area (Å²) >= 11 is 1.38. The SMILES string of the molecule is CC(C)C[C@H](C#N)NC(=O)c1cccs1. The van der Waals surface area contributed by atoms with Crippen LogP contribution < -0.4 is 5.32 Å². The van der Waals surface area contributed by atoms with Crippen LogP contribution in [0.4, 0.5) is 0 Å². The van der Waals surface area contributed by atoms with Gasteiger partial charge in [-0.05, 0) is 23.8 Å². The predicted octanol–water partition coefficient (Wildman–Crippen LogP) is 2.42. The normalized spacial score (nSPS) is 12.1. The second-order valence-electron chi connectivity index (χ2n) is 3.76. The molecule has 1 heterocycles. The van der Waals surface area contributed by atoms with Gasteiger partial charge in [0.2, 0.25) is 0 Å². The maximum Gasteiger partial charge on any atom is 0.262 e. The zero-order valence-corrected chi connectivity index (χ0v) is 9.67. The van der Waals surface area contributed by atoms with Crippen LogP contribution in [0, 0.1) is 17.2 Å². The third-order valence-corrected chi connectivity index (χ3v) is 2.78. The lowest BCUT2D eigenvalue weighted by Crippen LogP contribution is -2.34. The molecule has 15 heavy (non-hydrogen) atoms. The number of hydrogen-bond acceptors (Lipinski definition) is 3. The summed E-state index contributed by atoms with van der Waals surface area (Å²) in [5, 5.41) is 13.4. The zero-order chi connectivity index (χ0) is 11.3. The number of amides is 1. The lowest BCUT2D eigenvalue weighted by molar-refractivity contribution is 0.0946. The van der Waals surface area contributed by atoms with Crippen molar-refractivity contribution in [3.8, 4) is 6.07 Å². The van der Waals surface area contributed by atoms with Gasteiger partial charge >= 0.3 is 0 Å². The fourth-order valence-electron chi connectivity index (χ4n) is 1.25. The first kappa shape index (κ1) is 11.7. The molecule has 1 N–H and O–H groups in total. The largest absolute Gasteiger partial charge is 0.336 e. The fourth-order valence-corrected chi connectivity index (χ4v) is 1.88. The van der Waals surface area contributed by atoms with Crippen LogP contribution in [-0.4, -0.2) is 11.9 Å². The Morgan fingerprint density at radius 1 is 1.67 bits per heavy atom. The second kappa shape index (κ2) is 5.52. The lowest BCUT2D eigenvalue weighted by atomic mass is 10.1. The summed E-state index contributed by atoms with van der Waals surface area (Å²) in [7, 11) is 0. The van der Waals surface area contributed by atoms with Gasteiger partial charge in [-0.2, -0.15) is 5.26 Å². The molecule has 0 aliphatic heterocycles. The van der Waals surface area contributed by atoms with E-state index in [4.69, 9.17) is 5.26 Å². The van der Waals surface area contributed by atoms with Crippen LogP contribution in [0.1, 0.15) is 29.9 Å². The van der Waals surface area contributed by atoms with Crippen molar-refractivity contribution >= 4 is 17.2 Å². The van der Waals surface area contributed by atoms with E-state index in [1.165, 1.54) is 11.3 Å². The first-order valence-electron chi connectivity index (χ1n) is 4.87. The number of nitrogens with zero attached hydrogens (tertiary/aromatic N) is 1. The molecule has 0 saturated carbocycles. The molecule has 0 bridgehead atoms. The summed E-state index contributed by atoms with van der Waals surface area (Å²) in [6, 6.07) is 5.29. The Labute approximate surface area is 93.7 Å². The number of rotatable bonds is 4. The van der Waals surface area contributed by atoms with Gasteiger partial charge in [0.25, 0.3) is 5.91 Å². The van der Waals surface area contributed by atoms with Crippen molar-refractivity contribution in [1.29, 1.82) is 5.26 Å². The van der Waals surface area contributed by atoms with Crippen molar-refractivity contribution in [1.82, 2.24) is 5.32 Å². The molecule has 3 nitrogen and oxygen atoms in total. The van der Waals surface area contributed by atoms with E-state index in [9.17, 15) is 4.79 Å². The van der Waals surface area contributed by atoms with Crippen LogP contribution >= 0.6 is 11.3 Å². The summed E-state index contributed by atoms with van der Waals surface area (Å²) in [6.07, 6.45) is 0.688. The van der Waals surface area contributed by atoms with Crippen molar-refractivity contribution in [2.24, 2.45) is 5.92 Å². The van der Waals surface area contributed by atoms with Crippen LogP contribution in [0.15, 0.2) is 17.5 Å². The van der Waals surface area contributed by atoms with Crippen molar-refractivity contribution in [3.63, 3.8) is 0 Å². The van der Waals surface area contributed by atoms with Crippen molar-refractivity contribution in [2.75, 3.05) is 0 Å². The maximum absolute atomic E-state index is 11.6. The summed E-state index contributed by atoms with van der Waals surface area (Å²) in [5.74, 6) is 0.246. The molecule has 1 amide bonds. The Kier molecular flexibility index (Phi) is 4.32. The summed E-state index contributed by atoms with van der Waals surface area (Å²) in [4.78, 5) is 12.3. The molecule has 1 atom stereocenters. The minimum Gasteiger partial charge on any atom is -0.336 e. The van der Waals surface area contributed by atoms with Crippen molar-refractivity contribution in [3.05, 3.63) is 22.4 Å². The van der Waals surface area contributed by atoms with Crippen LogP contribution in [0.3, 0.4) is 0 Å². The maximum atomic E-state index is 11.6. The van der Waals surface area contributed by atoms with E-state index in [-0.39, 0.29) is 11.9 Å². The molecule has 1 aromatic rings. The van der Waals surface area contributed by atoms with E-state index in [1.54, 1.807) is 6.07 Å². The summed E-state index contributed by atoms with van der Waals surface area (Å²) in [5.41, 5.74) is 0. The molecule has 0 radical (unpaired) electrons. The standard InChI is InChI=1S/C11H14N2OS/c1-8(2)6-9(7-12)13-11(14)10-4-3-5-15-10/h3-5,8-9H,6H2,1-2H3,(H,13,14)/t9-/m1/s1. The molecular weight excluding hydrogens is 208 g/mol. The second-order valence-corrected chi connectivity index (χ2v) is 4.71. The van der Waals surface area contributed by atoms with E-state index >= 15 is 0 Å².